The molecule has 0 heterocycles. The molecule has 0 aromatic heterocycles. The molecule has 0 bridgehead atoms. The van der Waals surface area contributed by atoms with E-state index in [9.17, 15) is 9.18 Å². The first-order valence-corrected chi connectivity index (χ1v) is 6.87. The molecule has 5 heteroatoms. The monoisotopic (exact) mass is 316 g/mol. The predicted octanol–water partition coefficient (Wildman–Crippen LogP) is 3.75. The van der Waals surface area contributed by atoms with E-state index in [2.05, 4.69) is 0 Å². The number of allylic oxidation sites excluding steroid dienone is 1. The number of methoxy groups -OCH3 is 3. The van der Waals surface area contributed by atoms with Gasteiger partial charge in [0.2, 0.25) is 5.75 Å². The number of carbonyl (C=O) groups is 1. The highest BCUT2D eigenvalue weighted by molar-refractivity contribution is 6.06. The normalized spacial score (nSPS) is 10.6. The molecule has 0 saturated carbocycles. The standard InChI is InChI=1S/C18H17FO4/c1-21-16-10-12(11-17(22-2)18(16)23-3)4-9-15(20)13-5-7-14(19)8-6-13/h4-11H,1-3H3/b9-4-. The molecule has 0 aliphatic heterocycles. The quantitative estimate of drug-likeness (QED) is 0.601. The Balaban J connectivity index is 2.28. The fourth-order valence-corrected chi connectivity index (χ4v) is 2.08. The lowest BCUT2D eigenvalue weighted by Crippen LogP contribution is -1.96. The van der Waals surface area contributed by atoms with Crippen LogP contribution >= 0.6 is 0 Å². The van der Waals surface area contributed by atoms with Crippen molar-refractivity contribution in [3.8, 4) is 17.2 Å². The van der Waals surface area contributed by atoms with Crippen LogP contribution in [0, 0.1) is 5.82 Å². The number of ether oxygens (including phenoxy) is 3. The van der Waals surface area contributed by atoms with E-state index in [-0.39, 0.29) is 11.6 Å². The van der Waals surface area contributed by atoms with Gasteiger partial charge >= 0.3 is 0 Å². The molecule has 23 heavy (non-hydrogen) atoms. The molecular weight excluding hydrogens is 299 g/mol. The van der Waals surface area contributed by atoms with Crippen molar-refractivity contribution in [2.45, 2.75) is 0 Å². The molecule has 2 rings (SSSR count). The Labute approximate surface area is 134 Å². The van der Waals surface area contributed by atoms with Gasteiger partial charge in [0.15, 0.2) is 17.3 Å². The minimum absolute atomic E-state index is 0.223. The Morgan fingerprint density at radius 3 is 2.00 bits per heavy atom. The lowest BCUT2D eigenvalue weighted by Gasteiger charge is -2.12. The van der Waals surface area contributed by atoms with Gasteiger partial charge in [0.1, 0.15) is 5.82 Å². The fourth-order valence-electron chi connectivity index (χ4n) is 2.08. The highest BCUT2D eigenvalue weighted by Gasteiger charge is 2.12. The molecule has 2 aromatic carbocycles. The van der Waals surface area contributed by atoms with Crippen LogP contribution in [0.1, 0.15) is 15.9 Å². The summed E-state index contributed by atoms with van der Waals surface area (Å²) < 4.78 is 28.6. The predicted molar refractivity (Wildman–Crippen MR) is 85.9 cm³/mol. The summed E-state index contributed by atoms with van der Waals surface area (Å²) in [7, 11) is 4.57. The third-order valence-electron chi connectivity index (χ3n) is 3.24. The molecule has 0 amide bonds. The molecule has 0 radical (unpaired) electrons. The van der Waals surface area contributed by atoms with E-state index in [1.807, 2.05) is 0 Å². The summed E-state index contributed by atoms with van der Waals surface area (Å²) in [6.07, 6.45) is 3.05. The number of hydrogen-bond acceptors (Lipinski definition) is 4. The summed E-state index contributed by atoms with van der Waals surface area (Å²) in [5.41, 5.74) is 1.13. The van der Waals surface area contributed by atoms with Crippen LogP contribution in [0.5, 0.6) is 17.2 Å². The van der Waals surface area contributed by atoms with Gasteiger partial charge in [-0.3, -0.25) is 4.79 Å². The third-order valence-corrected chi connectivity index (χ3v) is 3.24. The van der Waals surface area contributed by atoms with E-state index >= 15 is 0 Å². The fraction of sp³-hybridized carbons (Fsp3) is 0.167. The van der Waals surface area contributed by atoms with Gasteiger partial charge in [-0.15, -0.1) is 0 Å². The summed E-state index contributed by atoms with van der Waals surface area (Å²) in [6.45, 7) is 0. The van der Waals surface area contributed by atoms with Gasteiger partial charge in [-0.05, 0) is 48.0 Å². The maximum absolute atomic E-state index is 12.9. The maximum atomic E-state index is 12.9. The number of rotatable bonds is 6. The van der Waals surface area contributed by atoms with Crippen LogP contribution in [0.3, 0.4) is 0 Å². The van der Waals surface area contributed by atoms with Crippen molar-refractivity contribution >= 4 is 11.9 Å². The molecule has 2 aromatic rings. The van der Waals surface area contributed by atoms with Crippen molar-refractivity contribution in [1.29, 1.82) is 0 Å². The molecule has 0 N–H and O–H groups in total. The summed E-state index contributed by atoms with van der Waals surface area (Å²) in [6, 6.07) is 8.85. The van der Waals surface area contributed by atoms with E-state index in [1.54, 1.807) is 18.2 Å². The minimum Gasteiger partial charge on any atom is -0.493 e. The number of benzene rings is 2. The molecule has 0 unspecified atom stereocenters. The van der Waals surface area contributed by atoms with Gasteiger partial charge in [0, 0.05) is 5.56 Å². The van der Waals surface area contributed by atoms with Crippen molar-refractivity contribution in [3.05, 3.63) is 59.4 Å². The van der Waals surface area contributed by atoms with Gasteiger partial charge in [0.05, 0.1) is 21.3 Å². The van der Waals surface area contributed by atoms with E-state index in [1.165, 1.54) is 51.7 Å². The second-order valence-electron chi connectivity index (χ2n) is 4.66. The van der Waals surface area contributed by atoms with Crippen LogP contribution in [0.2, 0.25) is 0 Å². The van der Waals surface area contributed by atoms with E-state index in [4.69, 9.17) is 14.2 Å². The lowest BCUT2D eigenvalue weighted by atomic mass is 10.1. The van der Waals surface area contributed by atoms with Crippen LogP contribution in [0.25, 0.3) is 6.08 Å². The smallest absolute Gasteiger partial charge is 0.203 e. The van der Waals surface area contributed by atoms with Crippen LogP contribution in [0.4, 0.5) is 4.39 Å². The van der Waals surface area contributed by atoms with Crippen molar-refractivity contribution in [2.75, 3.05) is 21.3 Å². The van der Waals surface area contributed by atoms with E-state index < -0.39 is 0 Å². The number of ketones is 1. The summed E-state index contributed by atoms with van der Waals surface area (Å²) in [4.78, 5) is 12.1. The minimum atomic E-state index is -0.379. The Bertz CT molecular complexity index is 695. The first-order chi connectivity index (χ1) is 11.1. The molecule has 0 saturated heterocycles. The van der Waals surface area contributed by atoms with Gasteiger partial charge in [-0.25, -0.2) is 4.39 Å². The van der Waals surface area contributed by atoms with Crippen LogP contribution in [-0.2, 0) is 0 Å². The first-order valence-electron chi connectivity index (χ1n) is 6.87. The zero-order valence-corrected chi connectivity index (χ0v) is 13.1. The Hall–Kier alpha value is -2.82. The highest BCUT2D eigenvalue weighted by Crippen LogP contribution is 2.38. The Kier molecular flexibility index (Phi) is 5.36. The summed E-state index contributed by atoms with van der Waals surface area (Å²) in [5.74, 6) is 0.882. The topological polar surface area (TPSA) is 44.8 Å². The second-order valence-corrected chi connectivity index (χ2v) is 4.66. The van der Waals surface area contributed by atoms with E-state index in [0.29, 0.717) is 22.8 Å². The van der Waals surface area contributed by atoms with Crippen molar-refractivity contribution in [2.24, 2.45) is 0 Å². The first kappa shape index (κ1) is 16.5. The maximum Gasteiger partial charge on any atom is 0.203 e. The Morgan fingerprint density at radius 2 is 1.52 bits per heavy atom. The lowest BCUT2D eigenvalue weighted by molar-refractivity contribution is 0.104. The molecule has 0 aliphatic rings. The SMILES string of the molecule is COc1cc(/C=C\C(=O)c2ccc(F)cc2)cc(OC)c1OC. The van der Waals surface area contributed by atoms with Crippen molar-refractivity contribution in [3.63, 3.8) is 0 Å². The summed E-state index contributed by atoms with van der Waals surface area (Å²) in [5, 5.41) is 0. The number of hydrogen-bond donors (Lipinski definition) is 0. The number of carbonyl (C=O) groups excluding carboxylic acids is 1. The molecule has 0 fully saturated rings. The van der Waals surface area contributed by atoms with Crippen molar-refractivity contribution in [1.82, 2.24) is 0 Å². The largest absolute Gasteiger partial charge is 0.493 e. The second kappa shape index (κ2) is 7.45. The van der Waals surface area contributed by atoms with Gasteiger partial charge < -0.3 is 14.2 Å². The molecule has 0 spiro atoms. The van der Waals surface area contributed by atoms with Crippen molar-refractivity contribution < 1.29 is 23.4 Å². The number of halogens is 1. The van der Waals surface area contributed by atoms with Gasteiger partial charge in [-0.1, -0.05) is 6.08 Å². The molecule has 0 atom stereocenters. The van der Waals surface area contributed by atoms with E-state index in [0.717, 1.165) is 5.56 Å². The zero-order chi connectivity index (χ0) is 16.8. The molecule has 120 valence electrons. The van der Waals surface area contributed by atoms with Crippen LogP contribution in [-0.4, -0.2) is 27.1 Å². The third kappa shape index (κ3) is 3.88. The Morgan fingerprint density at radius 1 is 0.957 bits per heavy atom. The average Bonchev–Trinajstić information content (AvgIpc) is 2.59. The summed E-state index contributed by atoms with van der Waals surface area (Å²) >= 11 is 0. The van der Waals surface area contributed by atoms with Gasteiger partial charge in [0.25, 0.3) is 0 Å². The molecule has 4 nitrogen and oxygen atoms in total. The molecular formula is C18H17FO4. The van der Waals surface area contributed by atoms with Gasteiger partial charge in [-0.2, -0.15) is 0 Å². The van der Waals surface area contributed by atoms with Crippen LogP contribution in [0.15, 0.2) is 42.5 Å². The zero-order valence-electron chi connectivity index (χ0n) is 13.1. The highest BCUT2D eigenvalue weighted by atomic mass is 19.1. The molecule has 0 aliphatic carbocycles. The van der Waals surface area contributed by atoms with Crippen LogP contribution < -0.4 is 14.2 Å². The average molecular weight is 316 g/mol.